The SMILES string of the molecule is CCO[C@H]1C[C@@H]2OC(=O)N(CCSc3ccccc3)[C@@H]2c2c1[nH]c1ccccc21. The molecule has 3 atom stereocenters. The molecule has 1 saturated heterocycles. The minimum Gasteiger partial charge on any atom is -0.443 e. The van der Waals surface area contributed by atoms with E-state index in [9.17, 15) is 4.79 Å². The van der Waals surface area contributed by atoms with Gasteiger partial charge in [-0.3, -0.25) is 4.90 Å². The molecule has 1 aromatic heterocycles. The molecule has 0 unspecified atom stereocenters. The number of H-pyrrole nitrogens is 1. The van der Waals surface area contributed by atoms with E-state index in [1.165, 1.54) is 4.90 Å². The van der Waals surface area contributed by atoms with Crippen molar-refractivity contribution in [2.75, 3.05) is 18.9 Å². The second-order valence-electron chi connectivity index (χ2n) is 7.40. The molecule has 6 heteroatoms. The lowest BCUT2D eigenvalue weighted by atomic mass is 9.86. The quantitative estimate of drug-likeness (QED) is 0.562. The average Bonchev–Trinajstić information content (AvgIpc) is 3.27. The summed E-state index contributed by atoms with van der Waals surface area (Å²) in [5.74, 6) is 0.828. The summed E-state index contributed by atoms with van der Waals surface area (Å²) in [4.78, 5) is 19.4. The maximum atomic E-state index is 12.8. The molecule has 2 aromatic carbocycles. The van der Waals surface area contributed by atoms with Crippen molar-refractivity contribution in [1.82, 2.24) is 9.88 Å². The molecule has 0 radical (unpaired) electrons. The lowest BCUT2D eigenvalue weighted by Gasteiger charge is -2.33. The number of aromatic amines is 1. The minimum absolute atomic E-state index is 0.0678. The Balaban J connectivity index is 1.46. The number of hydrogen-bond donors (Lipinski definition) is 1. The molecule has 1 aliphatic carbocycles. The van der Waals surface area contributed by atoms with Crippen LogP contribution in [0.15, 0.2) is 59.5 Å². The molecule has 150 valence electrons. The molecule has 1 amide bonds. The van der Waals surface area contributed by atoms with Crippen molar-refractivity contribution in [3.63, 3.8) is 0 Å². The topological polar surface area (TPSA) is 54.6 Å². The molecular weight excluding hydrogens is 384 g/mol. The molecule has 1 N–H and O–H groups in total. The summed E-state index contributed by atoms with van der Waals surface area (Å²) in [6, 6.07) is 18.5. The Morgan fingerprint density at radius 2 is 1.97 bits per heavy atom. The first kappa shape index (κ1) is 18.6. The third-order valence-corrected chi connectivity index (χ3v) is 6.72. The van der Waals surface area contributed by atoms with Gasteiger partial charge in [-0.2, -0.15) is 0 Å². The maximum Gasteiger partial charge on any atom is 0.410 e. The van der Waals surface area contributed by atoms with Crippen LogP contribution < -0.4 is 0 Å². The largest absolute Gasteiger partial charge is 0.443 e. The number of carbonyl (C=O) groups is 1. The molecule has 1 aliphatic heterocycles. The van der Waals surface area contributed by atoms with Gasteiger partial charge in [0, 0.05) is 46.7 Å². The standard InChI is InChI=1S/C23H24N2O3S/c1-2-27-18-14-19-22(20-16-10-6-7-11-17(16)24-21(18)20)25(23(26)28-19)12-13-29-15-8-4-3-5-9-15/h3-11,18-19,22,24H,2,12-14H2,1H3/t18-,19-,22-/m0/s1. The van der Waals surface area contributed by atoms with Crippen LogP contribution in [-0.2, 0) is 9.47 Å². The smallest absolute Gasteiger partial charge is 0.410 e. The van der Waals surface area contributed by atoms with E-state index in [0.717, 1.165) is 27.9 Å². The number of thioether (sulfide) groups is 1. The van der Waals surface area contributed by atoms with Crippen LogP contribution in [0.25, 0.3) is 10.9 Å². The monoisotopic (exact) mass is 408 g/mol. The predicted molar refractivity (Wildman–Crippen MR) is 114 cm³/mol. The van der Waals surface area contributed by atoms with E-state index in [-0.39, 0.29) is 24.3 Å². The van der Waals surface area contributed by atoms with Gasteiger partial charge < -0.3 is 14.5 Å². The van der Waals surface area contributed by atoms with Gasteiger partial charge in [0.2, 0.25) is 0 Å². The molecule has 1 fully saturated rings. The van der Waals surface area contributed by atoms with Crippen LogP contribution in [0.3, 0.4) is 0 Å². The fourth-order valence-corrected chi connectivity index (χ4v) is 5.42. The van der Waals surface area contributed by atoms with Crippen molar-refractivity contribution in [3.8, 4) is 0 Å². The first-order valence-corrected chi connectivity index (χ1v) is 11.1. The zero-order valence-corrected chi connectivity index (χ0v) is 17.2. The molecule has 0 saturated carbocycles. The summed E-state index contributed by atoms with van der Waals surface area (Å²) in [6.07, 6.45) is 0.219. The van der Waals surface area contributed by atoms with Crippen LogP contribution in [0.4, 0.5) is 4.79 Å². The fourth-order valence-electron chi connectivity index (χ4n) is 4.54. The highest BCUT2D eigenvalue weighted by Crippen LogP contribution is 2.48. The molecule has 5 rings (SSSR count). The van der Waals surface area contributed by atoms with Crippen molar-refractivity contribution in [3.05, 3.63) is 65.9 Å². The number of nitrogens with one attached hydrogen (secondary N) is 1. The Bertz CT molecular complexity index is 1020. The van der Waals surface area contributed by atoms with Crippen molar-refractivity contribution >= 4 is 28.8 Å². The van der Waals surface area contributed by atoms with Gasteiger partial charge in [-0.1, -0.05) is 36.4 Å². The van der Waals surface area contributed by atoms with Crippen molar-refractivity contribution in [1.29, 1.82) is 0 Å². The number of para-hydroxylation sites is 1. The number of fused-ring (bicyclic) bond motifs is 5. The van der Waals surface area contributed by atoms with Gasteiger partial charge in [-0.15, -0.1) is 11.8 Å². The van der Waals surface area contributed by atoms with Crippen LogP contribution in [-0.4, -0.2) is 41.0 Å². The normalized spacial score (nSPS) is 23.1. The highest BCUT2D eigenvalue weighted by molar-refractivity contribution is 7.99. The number of rotatable bonds is 6. The Labute approximate surface area is 174 Å². The number of nitrogens with zero attached hydrogens (tertiary/aromatic N) is 1. The number of hydrogen-bond acceptors (Lipinski definition) is 4. The third kappa shape index (κ3) is 3.30. The van der Waals surface area contributed by atoms with Crippen molar-refractivity contribution < 1.29 is 14.3 Å². The summed E-state index contributed by atoms with van der Waals surface area (Å²) < 4.78 is 11.8. The van der Waals surface area contributed by atoms with Gasteiger partial charge in [-0.05, 0) is 25.1 Å². The molecule has 3 aromatic rings. The molecule has 0 spiro atoms. The number of carbonyl (C=O) groups excluding carboxylic acids is 1. The van der Waals surface area contributed by atoms with E-state index in [1.807, 2.05) is 42.2 Å². The van der Waals surface area contributed by atoms with Crippen LogP contribution in [0.5, 0.6) is 0 Å². The van der Waals surface area contributed by atoms with Crippen molar-refractivity contribution in [2.24, 2.45) is 0 Å². The Morgan fingerprint density at radius 1 is 1.17 bits per heavy atom. The zero-order valence-electron chi connectivity index (χ0n) is 16.3. The van der Waals surface area contributed by atoms with Gasteiger partial charge in [-0.25, -0.2) is 4.79 Å². The van der Waals surface area contributed by atoms with Gasteiger partial charge in [0.1, 0.15) is 12.2 Å². The average molecular weight is 409 g/mol. The van der Waals surface area contributed by atoms with Gasteiger partial charge in [0.05, 0.1) is 11.7 Å². The number of benzene rings is 2. The van der Waals surface area contributed by atoms with E-state index < -0.39 is 0 Å². The first-order chi connectivity index (χ1) is 14.3. The highest BCUT2D eigenvalue weighted by Gasteiger charge is 2.49. The van der Waals surface area contributed by atoms with Crippen LogP contribution in [0.1, 0.15) is 36.7 Å². The van der Waals surface area contributed by atoms with Crippen LogP contribution in [0.2, 0.25) is 0 Å². The summed E-state index contributed by atoms with van der Waals surface area (Å²) >= 11 is 1.76. The molecular formula is C23H24N2O3S. The van der Waals surface area contributed by atoms with Crippen LogP contribution >= 0.6 is 11.8 Å². The number of ether oxygens (including phenoxy) is 2. The van der Waals surface area contributed by atoms with Gasteiger partial charge >= 0.3 is 6.09 Å². The Hall–Kier alpha value is -2.44. The lowest BCUT2D eigenvalue weighted by Crippen LogP contribution is -2.35. The fraction of sp³-hybridized carbons (Fsp3) is 0.348. The molecule has 0 bridgehead atoms. The highest BCUT2D eigenvalue weighted by atomic mass is 32.2. The predicted octanol–water partition coefficient (Wildman–Crippen LogP) is 5.30. The van der Waals surface area contributed by atoms with E-state index in [0.29, 0.717) is 19.6 Å². The Kier molecular flexibility index (Phi) is 4.97. The van der Waals surface area contributed by atoms with Crippen LogP contribution in [0, 0.1) is 0 Å². The van der Waals surface area contributed by atoms with E-state index in [4.69, 9.17) is 9.47 Å². The van der Waals surface area contributed by atoms with E-state index in [1.54, 1.807) is 11.8 Å². The summed E-state index contributed by atoms with van der Waals surface area (Å²) in [5.41, 5.74) is 3.33. The number of amides is 1. The summed E-state index contributed by atoms with van der Waals surface area (Å²) in [6.45, 7) is 3.28. The summed E-state index contributed by atoms with van der Waals surface area (Å²) in [5, 5.41) is 1.15. The van der Waals surface area contributed by atoms with E-state index >= 15 is 0 Å². The second kappa shape index (κ2) is 7.76. The van der Waals surface area contributed by atoms with Gasteiger partial charge in [0.15, 0.2) is 0 Å². The van der Waals surface area contributed by atoms with Gasteiger partial charge in [0.25, 0.3) is 0 Å². The maximum absolute atomic E-state index is 12.8. The third-order valence-electron chi connectivity index (χ3n) is 5.73. The minimum atomic E-state index is -0.220. The first-order valence-electron chi connectivity index (χ1n) is 10.1. The molecule has 5 nitrogen and oxygen atoms in total. The second-order valence-corrected chi connectivity index (χ2v) is 8.57. The molecule has 29 heavy (non-hydrogen) atoms. The van der Waals surface area contributed by atoms with Crippen molar-refractivity contribution in [2.45, 2.75) is 36.5 Å². The zero-order chi connectivity index (χ0) is 19.8. The summed E-state index contributed by atoms with van der Waals surface area (Å²) in [7, 11) is 0. The molecule has 2 aliphatic rings. The number of aromatic nitrogens is 1. The lowest BCUT2D eigenvalue weighted by molar-refractivity contribution is 0.00547. The van der Waals surface area contributed by atoms with E-state index in [2.05, 4.69) is 29.2 Å². The molecule has 2 heterocycles. The Morgan fingerprint density at radius 3 is 2.79 bits per heavy atom.